The molecule has 1 aromatic rings. The lowest BCUT2D eigenvalue weighted by atomic mass is 10.2. The number of allylic oxidation sites excluding steroid dienone is 1. The predicted molar refractivity (Wildman–Crippen MR) is 72.0 cm³/mol. The van der Waals surface area contributed by atoms with Crippen LogP contribution in [0.5, 0.6) is 0 Å². The summed E-state index contributed by atoms with van der Waals surface area (Å²) in [5.74, 6) is -1.52. The fourth-order valence-electron chi connectivity index (χ4n) is 1.26. The summed E-state index contributed by atoms with van der Waals surface area (Å²) in [4.78, 5) is 26.9. The van der Waals surface area contributed by atoms with Crippen LogP contribution in [0.25, 0.3) is 0 Å². The number of aliphatic hydroxyl groups excluding tert-OH is 1. The van der Waals surface area contributed by atoms with Crippen LogP contribution < -0.4 is 5.32 Å². The Morgan fingerprint density at radius 2 is 2.30 bits per heavy atom. The van der Waals surface area contributed by atoms with Crippen LogP contribution in [0.15, 0.2) is 16.7 Å². The molecule has 0 aliphatic rings. The van der Waals surface area contributed by atoms with Crippen LogP contribution >= 0.6 is 11.3 Å². The summed E-state index contributed by atoms with van der Waals surface area (Å²) in [5.41, 5.74) is 0.0825. The van der Waals surface area contributed by atoms with E-state index in [0.29, 0.717) is 12.3 Å². The molecular weight excluding hydrogens is 282 g/mol. The van der Waals surface area contributed by atoms with Crippen LogP contribution in [0.1, 0.15) is 19.5 Å². The summed E-state index contributed by atoms with van der Waals surface area (Å²) in [6.07, 6.45) is 0.0141. The van der Waals surface area contributed by atoms with Crippen molar-refractivity contribution in [2.24, 2.45) is 0 Å². The van der Waals surface area contributed by atoms with Gasteiger partial charge in [0.25, 0.3) is 5.91 Å². The molecule has 0 bridgehead atoms. The molecule has 106 valence electrons. The molecular formula is C12H13N3O4S. The molecule has 1 amide bonds. The molecule has 0 spiro atoms. The van der Waals surface area contributed by atoms with E-state index in [0.717, 1.165) is 11.3 Å². The first-order valence-electron chi connectivity index (χ1n) is 5.69. The van der Waals surface area contributed by atoms with Crippen LogP contribution in [-0.2, 0) is 20.7 Å². The van der Waals surface area contributed by atoms with Gasteiger partial charge in [0.1, 0.15) is 11.8 Å². The maximum absolute atomic E-state index is 11.6. The van der Waals surface area contributed by atoms with Gasteiger partial charge in [0, 0.05) is 5.38 Å². The number of rotatable bonds is 5. The zero-order valence-electron chi connectivity index (χ0n) is 11.0. The van der Waals surface area contributed by atoms with Crippen LogP contribution in [0.4, 0.5) is 5.13 Å². The lowest BCUT2D eigenvalue weighted by Crippen LogP contribution is -2.15. The van der Waals surface area contributed by atoms with Crippen molar-refractivity contribution in [3.05, 3.63) is 22.4 Å². The standard InChI is InChI=1S/C12H13N3O4S/c1-3-19-10(17)4-8-6-20-12(14-8)15-11(18)9(5-13)7(2)16/h6,16H,3-4H2,1-2H3,(H,14,15,18)/b9-7-. The van der Waals surface area contributed by atoms with Gasteiger partial charge in [-0.3, -0.25) is 14.9 Å². The van der Waals surface area contributed by atoms with Crippen LogP contribution in [0.3, 0.4) is 0 Å². The maximum Gasteiger partial charge on any atom is 0.311 e. The molecule has 0 saturated carbocycles. The van der Waals surface area contributed by atoms with E-state index in [9.17, 15) is 9.59 Å². The van der Waals surface area contributed by atoms with Gasteiger partial charge >= 0.3 is 5.97 Å². The number of aromatic nitrogens is 1. The zero-order chi connectivity index (χ0) is 15.1. The van der Waals surface area contributed by atoms with Gasteiger partial charge in [-0.25, -0.2) is 4.98 Å². The van der Waals surface area contributed by atoms with Gasteiger partial charge in [-0.15, -0.1) is 11.3 Å². The number of hydrogen-bond acceptors (Lipinski definition) is 7. The molecule has 0 atom stereocenters. The van der Waals surface area contributed by atoms with E-state index in [1.165, 1.54) is 6.92 Å². The number of ether oxygens (including phenoxy) is 1. The molecule has 1 heterocycles. The van der Waals surface area contributed by atoms with E-state index >= 15 is 0 Å². The third-order valence-corrected chi connectivity index (χ3v) is 2.91. The van der Waals surface area contributed by atoms with Gasteiger partial charge in [0.2, 0.25) is 0 Å². The Hall–Kier alpha value is -2.40. The average Bonchev–Trinajstić information content (AvgIpc) is 2.76. The molecule has 20 heavy (non-hydrogen) atoms. The highest BCUT2D eigenvalue weighted by atomic mass is 32.1. The minimum atomic E-state index is -0.746. The summed E-state index contributed by atoms with van der Waals surface area (Å²) < 4.78 is 4.78. The summed E-state index contributed by atoms with van der Waals surface area (Å²) in [5, 5.41) is 22.1. The van der Waals surface area contributed by atoms with Gasteiger partial charge in [-0.05, 0) is 13.8 Å². The number of esters is 1. The van der Waals surface area contributed by atoms with E-state index in [2.05, 4.69) is 10.3 Å². The summed E-state index contributed by atoms with van der Waals surface area (Å²) in [6, 6.07) is 1.60. The van der Waals surface area contributed by atoms with Gasteiger partial charge in [0.15, 0.2) is 10.7 Å². The third kappa shape index (κ3) is 4.37. The van der Waals surface area contributed by atoms with Crippen molar-refractivity contribution in [2.45, 2.75) is 20.3 Å². The number of hydrogen-bond donors (Lipinski definition) is 2. The molecule has 0 fully saturated rings. The molecule has 0 aliphatic heterocycles. The second-order valence-corrected chi connectivity index (χ2v) is 4.51. The Morgan fingerprint density at radius 1 is 1.60 bits per heavy atom. The lowest BCUT2D eigenvalue weighted by molar-refractivity contribution is -0.142. The van der Waals surface area contributed by atoms with Crippen molar-refractivity contribution < 1.29 is 19.4 Å². The van der Waals surface area contributed by atoms with E-state index in [4.69, 9.17) is 15.1 Å². The number of nitrogens with one attached hydrogen (secondary N) is 1. The quantitative estimate of drug-likeness (QED) is 0.369. The Labute approximate surface area is 119 Å². The summed E-state index contributed by atoms with van der Waals surface area (Å²) in [6.45, 7) is 3.24. The fourth-order valence-corrected chi connectivity index (χ4v) is 1.97. The lowest BCUT2D eigenvalue weighted by Gasteiger charge is -2.00. The van der Waals surface area contributed by atoms with E-state index < -0.39 is 11.9 Å². The Bertz CT molecular complexity index is 582. The summed E-state index contributed by atoms with van der Waals surface area (Å²) >= 11 is 1.11. The predicted octanol–water partition coefficient (Wildman–Crippen LogP) is 1.54. The van der Waals surface area contributed by atoms with E-state index in [-0.39, 0.29) is 22.9 Å². The number of carbonyl (C=O) groups is 2. The normalized spacial score (nSPS) is 11.2. The molecule has 1 aromatic heterocycles. The van der Waals surface area contributed by atoms with Gasteiger partial charge < -0.3 is 9.84 Å². The number of thiazole rings is 1. The molecule has 0 radical (unpaired) electrons. The minimum absolute atomic E-state index is 0.0141. The largest absolute Gasteiger partial charge is 0.511 e. The first-order chi connectivity index (χ1) is 9.47. The topological polar surface area (TPSA) is 112 Å². The van der Waals surface area contributed by atoms with Crippen molar-refractivity contribution in [2.75, 3.05) is 11.9 Å². The van der Waals surface area contributed by atoms with Crippen LogP contribution in [0.2, 0.25) is 0 Å². The average molecular weight is 295 g/mol. The highest BCUT2D eigenvalue weighted by Gasteiger charge is 2.15. The molecule has 0 aliphatic carbocycles. The Morgan fingerprint density at radius 3 is 2.85 bits per heavy atom. The second kappa shape index (κ2) is 7.25. The summed E-state index contributed by atoms with van der Waals surface area (Å²) in [7, 11) is 0. The number of amides is 1. The number of nitriles is 1. The number of carbonyl (C=O) groups excluding carboxylic acids is 2. The monoisotopic (exact) mass is 295 g/mol. The van der Waals surface area contributed by atoms with Gasteiger partial charge in [-0.1, -0.05) is 0 Å². The Kier molecular flexibility index (Phi) is 5.68. The van der Waals surface area contributed by atoms with Crippen molar-refractivity contribution in [1.29, 1.82) is 5.26 Å². The highest BCUT2D eigenvalue weighted by Crippen LogP contribution is 2.17. The van der Waals surface area contributed by atoms with Crippen molar-refractivity contribution in [3.8, 4) is 6.07 Å². The van der Waals surface area contributed by atoms with Crippen molar-refractivity contribution >= 4 is 28.3 Å². The zero-order valence-corrected chi connectivity index (χ0v) is 11.8. The van der Waals surface area contributed by atoms with E-state index in [1.54, 1.807) is 18.4 Å². The smallest absolute Gasteiger partial charge is 0.311 e. The maximum atomic E-state index is 11.6. The molecule has 2 N–H and O–H groups in total. The van der Waals surface area contributed by atoms with Gasteiger partial charge in [-0.2, -0.15) is 5.26 Å². The molecule has 1 rings (SSSR count). The molecule has 0 saturated heterocycles. The van der Waals surface area contributed by atoms with Crippen molar-refractivity contribution in [3.63, 3.8) is 0 Å². The first-order valence-corrected chi connectivity index (χ1v) is 6.57. The molecule has 8 heteroatoms. The SMILES string of the molecule is CCOC(=O)Cc1csc(NC(=O)/C(C#N)=C(/C)O)n1. The fraction of sp³-hybridized carbons (Fsp3) is 0.333. The molecule has 0 aromatic carbocycles. The number of aliphatic hydroxyl groups is 1. The second-order valence-electron chi connectivity index (χ2n) is 3.65. The molecule has 0 unspecified atom stereocenters. The highest BCUT2D eigenvalue weighted by molar-refractivity contribution is 7.14. The Balaban J connectivity index is 2.70. The van der Waals surface area contributed by atoms with E-state index in [1.807, 2.05) is 0 Å². The molecule has 7 nitrogen and oxygen atoms in total. The minimum Gasteiger partial charge on any atom is -0.511 e. The first kappa shape index (κ1) is 15.7. The van der Waals surface area contributed by atoms with Crippen LogP contribution in [0, 0.1) is 11.3 Å². The third-order valence-electron chi connectivity index (χ3n) is 2.10. The number of nitrogens with zero attached hydrogens (tertiary/aromatic N) is 2. The van der Waals surface area contributed by atoms with Gasteiger partial charge in [0.05, 0.1) is 18.7 Å². The van der Waals surface area contributed by atoms with Crippen molar-refractivity contribution in [1.82, 2.24) is 4.98 Å². The number of anilines is 1. The van der Waals surface area contributed by atoms with Crippen LogP contribution in [-0.4, -0.2) is 28.6 Å².